The fraction of sp³-hybridized carbons (Fsp3) is 0.310. The van der Waals surface area contributed by atoms with Crippen LogP contribution in [0, 0.1) is 0 Å². The van der Waals surface area contributed by atoms with Crippen molar-refractivity contribution in [3.8, 4) is 5.75 Å². The molecule has 0 aromatic heterocycles. The molecule has 0 bridgehead atoms. The van der Waals surface area contributed by atoms with Crippen LogP contribution in [0.4, 0.5) is 5.69 Å². The van der Waals surface area contributed by atoms with Crippen molar-refractivity contribution in [2.45, 2.75) is 44.7 Å². The Morgan fingerprint density at radius 1 is 0.923 bits per heavy atom. The number of sulfonamides is 1. The van der Waals surface area contributed by atoms with E-state index in [0.29, 0.717) is 41.6 Å². The van der Waals surface area contributed by atoms with E-state index < -0.39 is 28.5 Å². The van der Waals surface area contributed by atoms with Crippen LogP contribution < -0.4 is 14.4 Å². The minimum Gasteiger partial charge on any atom is -0.494 e. The predicted octanol–water partition coefficient (Wildman–Crippen LogP) is 4.88. The number of benzene rings is 3. The lowest BCUT2D eigenvalue weighted by atomic mass is 10.1. The summed E-state index contributed by atoms with van der Waals surface area (Å²) in [6.07, 6.45) is 0.332. The Balaban J connectivity index is 2.03. The van der Waals surface area contributed by atoms with Gasteiger partial charge in [-0.25, -0.2) is 8.42 Å². The summed E-state index contributed by atoms with van der Waals surface area (Å²) in [6, 6.07) is 20.7. The first-order valence-corrected chi connectivity index (χ1v) is 14.7. The van der Waals surface area contributed by atoms with E-state index >= 15 is 0 Å². The minimum absolute atomic E-state index is 0.0102. The lowest BCUT2D eigenvalue weighted by Crippen LogP contribution is -2.52. The molecule has 0 spiro atoms. The van der Waals surface area contributed by atoms with Crippen LogP contribution >= 0.6 is 11.6 Å². The van der Waals surface area contributed by atoms with Gasteiger partial charge >= 0.3 is 0 Å². The van der Waals surface area contributed by atoms with Gasteiger partial charge in [-0.05, 0) is 68.3 Å². The molecule has 0 aliphatic heterocycles. The van der Waals surface area contributed by atoms with Crippen molar-refractivity contribution >= 4 is 39.1 Å². The van der Waals surface area contributed by atoms with E-state index in [4.69, 9.17) is 16.3 Å². The Bertz CT molecular complexity index is 1350. The van der Waals surface area contributed by atoms with Crippen LogP contribution in [0.3, 0.4) is 0 Å². The number of halogens is 1. The fourth-order valence-corrected chi connectivity index (χ4v) is 5.76. The van der Waals surface area contributed by atoms with Gasteiger partial charge in [0.2, 0.25) is 11.8 Å². The zero-order valence-corrected chi connectivity index (χ0v) is 23.9. The van der Waals surface area contributed by atoms with Crippen LogP contribution in [0.1, 0.15) is 32.8 Å². The summed E-state index contributed by atoms with van der Waals surface area (Å²) in [5.41, 5.74) is 0.972. The maximum Gasteiger partial charge on any atom is 0.264 e. The normalized spacial score (nSPS) is 11.9. The summed E-state index contributed by atoms with van der Waals surface area (Å²) >= 11 is 6.40. The molecule has 10 heteroatoms. The smallest absolute Gasteiger partial charge is 0.264 e. The van der Waals surface area contributed by atoms with Crippen LogP contribution in [-0.4, -0.2) is 50.9 Å². The monoisotopic (exact) mass is 571 g/mol. The lowest BCUT2D eigenvalue weighted by Gasteiger charge is -2.33. The van der Waals surface area contributed by atoms with Crippen molar-refractivity contribution in [2.75, 3.05) is 24.0 Å². The molecule has 0 heterocycles. The number of amides is 2. The van der Waals surface area contributed by atoms with Gasteiger partial charge in [-0.3, -0.25) is 13.9 Å². The molecule has 0 unspecified atom stereocenters. The zero-order chi connectivity index (χ0) is 28.4. The topological polar surface area (TPSA) is 96.0 Å². The third-order valence-corrected chi connectivity index (χ3v) is 8.24. The number of nitrogens with one attached hydrogen (secondary N) is 1. The number of likely N-dealkylation sites (N-methyl/N-ethyl adjacent to an activating group) is 1. The lowest BCUT2D eigenvalue weighted by molar-refractivity contribution is -0.140. The summed E-state index contributed by atoms with van der Waals surface area (Å²) in [7, 11) is -4.15. The van der Waals surface area contributed by atoms with E-state index in [9.17, 15) is 18.0 Å². The molecule has 3 aromatic rings. The Morgan fingerprint density at radius 3 is 2.15 bits per heavy atom. The third kappa shape index (κ3) is 7.52. The van der Waals surface area contributed by atoms with Gasteiger partial charge in [-0.1, -0.05) is 54.9 Å². The van der Waals surface area contributed by atoms with Gasteiger partial charge in [0, 0.05) is 18.1 Å². The number of carbonyl (C=O) groups excluding carboxylic acids is 2. The maximum absolute atomic E-state index is 13.9. The zero-order valence-electron chi connectivity index (χ0n) is 22.3. The van der Waals surface area contributed by atoms with Crippen molar-refractivity contribution in [1.82, 2.24) is 10.2 Å². The van der Waals surface area contributed by atoms with E-state index in [2.05, 4.69) is 5.32 Å². The first-order valence-electron chi connectivity index (χ1n) is 12.8. The number of para-hydroxylation sites is 1. The van der Waals surface area contributed by atoms with Gasteiger partial charge in [0.05, 0.1) is 17.2 Å². The Hall–Kier alpha value is -3.56. The van der Waals surface area contributed by atoms with Gasteiger partial charge in [0.1, 0.15) is 18.3 Å². The first-order chi connectivity index (χ1) is 18.7. The van der Waals surface area contributed by atoms with Crippen molar-refractivity contribution in [3.05, 3.63) is 89.4 Å². The molecule has 0 aliphatic carbocycles. The second-order valence-electron chi connectivity index (χ2n) is 8.68. The molecule has 8 nitrogen and oxygen atoms in total. The molecule has 0 saturated carbocycles. The molecule has 1 atom stereocenters. The minimum atomic E-state index is -4.15. The van der Waals surface area contributed by atoms with Crippen molar-refractivity contribution in [3.63, 3.8) is 0 Å². The standard InChI is InChI=1S/C29H34ClN3O5S/c1-4-27(29(35)31-5-2)32(20-22-12-10-11-15-26(22)30)28(34)21-33(23-13-8-7-9-14-23)39(36,37)25-18-16-24(17-19-25)38-6-3/h7-19,27H,4-6,20-21H2,1-3H3,(H,31,35)/t27-/m1/s1. The maximum atomic E-state index is 13.9. The van der Waals surface area contributed by atoms with Crippen LogP contribution in [0.25, 0.3) is 0 Å². The van der Waals surface area contributed by atoms with Crippen LogP contribution in [-0.2, 0) is 26.2 Å². The van der Waals surface area contributed by atoms with Crippen molar-refractivity contribution < 1.29 is 22.7 Å². The van der Waals surface area contributed by atoms with Crippen LogP contribution in [0.5, 0.6) is 5.75 Å². The molecular weight excluding hydrogens is 538 g/mol. The first kappa shape index (κ1) is 30.0. The van der Waals surface area contributed by atoms with Crippen LogP contribution in [0.15, 0.2) is 83.8 Å². The number of ether oxygens (including phenoxy) is 1. The Labute approximate surface area is 235 Å². The highest BCUT2D eigenvalue weighted by Gasteiger charge is 2.33. The number of anilines is 1. The molecule has 1 N–H and O–H groups in total. The van der Waals surface area contributed by atoms with Crippen LogP contribution in [0.2, 0.25) is 5.02 Å². The summed E-state index contributed by atoms with van der Waals surface area (Å²) in [5.74, 6) is -0.315. The van der Waals surface area contributed by atoms with Gasteiger partial charge in [0.25, 0.3) is 10.0 Å². The van der Waals surface area contributed by atoms with E-state index in [1.165, 1.54) is 17.0 Å². The molecule has 39 heavy (non-hydrogen) atoms. The largest absolute Gasteiger partial charge is 0.494 e. The molecule has 3 rings (SSSR count). The van der Waals surface area contributed by atoms with Gasteiger partial charge < -0.3 is 15.0 Å². The van der Waals surface area contributed by atoms with Gasteiger partial charge in [-0.2, -0.15) is 0 Å². The molecule has 208 valence electrons. The number of carbonyl (C=O) groups is 2. The molecule has 3 aromatic carbocycles. The highest BCUT2D eigenvalue weighted by atomic mass is 35.5. The Kier molecular flexibility index (Phi) is 10.8. The van der Waals surface area contributed by atoms with Crippen molar-refractivity contribution in [2.24, 2.45) is 0 Å². The molecule has 0 fully saturated rings. The van der Waals surface area contributed by atoms with E-state index in [1.54, 1.807) is 80.6 Å². The average Bonchev–Trinajstić information content (AvgIpc) is 2.93. The van der Waals surface area contributed by atoms with Gasteiger partial charge in [0.15, 0.2) is 0 Å². The summed E-state index contributed by atoms with van der Waals surface area (Å²) in [4.78, 5) is 28.3. The quantitative estimate of drug-likeness (QED) is 0.315. The molecular formula is C29H34ClN3O5S. The Morgan fingerprint density at radius 2 is 1.56 bits per heavy atom. The fourth-order valence-electron chi connectivity index (χ4n) is 4.15. The molecule has 0 radical (unpaired) electrons. The summed E-state index contributed by atoms with van der Waals surface area (Å²) in [6.45, 7) is 5.81. The van der Waals surface area contributed by atoms with E-state index in [0.717, 1.165) is 4.31 Å². The summed E-state index contributed by atoms with van der Waals surface area (Å²) in [5, 5.41) is 3.23. The van der Waals surface area contributed by atoms with Gasteiger partial charge in [-0.15, -0.1) is 0 Å². The number of rotatable bonds is 13. The van der Waals surface area contributed by atoms with Crippen molar-refractivity contribution in [1.29, 1.82) is 0 Å². The van der Waals surface area contributed by atoms with E-state index in [1.807, 2.05) is 6.92 Å². The second kappa shape index (κ2) is 14.0. The molecule has 0 saturated heterocycles. The SMILES string of the molecule is CCNC(=O)[C@@H](CC)N(Cc1ccccc1Cl)C(=O)CN(c1ccccc1)S(=O)(=O)c1ccc(OCC)cc1. The summed E-state index contributed by atoms with van der Waals surface area (Å²) < 4.78 is 34.2. The number of nitrogens with zero attached hydrogens (tertiary/aromatic N) is 2. The highest BCUT2D eigenvalue weighted by molar-refractivity contribution is 7.92. The number of hydrogen-bond donors (Lipinski definition) is 1. The highest BCUT2D eigenvalue weighted by Crippen LogP contribution is 2.26. The molecule has 0 aliphatic rings. The molecule has 2 amide bonds. The predicted molar refractivity (Wildman–Crippen MR) is 153 cm³/mol. The number of hydrogen-bond acceptors (Lipinski definition) is 5. The second-order valence-corrected chi connectivity index (χ2v) is 11.0. The average molecular weight is 572 g/mol. The van der Waals surface area contributed by atoms with E-state index in [-0.39, 0.29) is 17.3 Å². The third-order valence-electron chi connectivity index (χ3n) is 6.08.